The van der Waals surface area contributed by atoms with E-state index < -0.39 is 108 Å². The van der Waals surface area contributed by atoms with Gasteiger partial charge in [-0.2, -0.15) is 110 Å². The molecule has 27 heteroatoms. The molecule has 0 bridgehead atoms. The maximum Gasteiger partial charge on any atom is 0.460 e. The molecule has 0 aliphatic carbocycles. The van der Waals surface area contributed by atoms with Crippen molar-refractivity contribution in [3.05, 3.63) is 69.8 Å². The largest absolute Gasteiger partial charge is 0.460 e. The Morgan fingerprint density at radius 1 is 0.463 bits per heavy atom. The predicted molar refractivity (Wildman–Crippen MR) is 194 cm³/mol. The van der Waals surface area contributed by atoms with Gasteiger partial charge in [0.25, 0.3) is 0 Å². The fourth-order valence-corrected chi connectivity index (χ4v) is 7.31. The van der Waals surface area contributed by atoms with Crippen LogP contribution in [0.1, 0.15) is 60.6 Å². The highest BCUT2D eigenvalue weighted by atomic mass is 19.4. The lowest BCUT2D eigenvalue weighted by atomic mass is 9.91. The molecule has 382 valence electrons. The Hall–Kier alpha value is -4.23. The Labute approximate surface area is 364 Å². The Balaban J connectivity index is 2.02. The van der Waals surface area contributed by atoms with Crippen molar-refractivity contribution in [2.75, 3.05) is 22.9 Å². The zero-order chi connectivity index (χ0) is 52.7. The predicted octanol–water partition coefficient (Wildman–Crippen LogP) is 15.2. The monoisotopic (exact) mass is 1020 g/mol. The third kappa shape index (κ3) is 8.98. The molecule has 1 heterocycles. The van der Waals surface area contributed by atoms with Gasteiger partial charge in [-0.05, 0) is 110 Å². The van der Waals surface area contributed by atoms with E-state index in [0.717, 1.165) is 24.3 Å². The number of halogens is 25. The maximum atomic E-state index is 14.6. The molecule has 0 N–H and O–H groups in total. The van der Waals surface area contributed by atoms with Gasteiger partial charge in [-0.3, -0.25) is 0 Å². The van der Waals surface area contributed by atoms with Crippen LogP contribution in [0.3, 0.4) is 0 Å². The number of anilines is 2. The molecule has 2 aromatic carbocycles. The third-order valence-electron chi connectivity index (χ3n) is 11.1. The lowest BCUT2D eigenvalue weighted by Crippen LogP contribution is -2.70. The summed E-state index contributed by atoms with van der Waals surface area (Å²) in [5.74, 6) is -81.0. The molecule has 2 nitrogen and oxygen atoms in total. The minimum absolute atomic E-state index is 0.0110. The highest BCUT2D eigenvalue weighted by Crippen LogP contribution is 2.62. The normalized spacial score (nSPS) is 18.0. The first-order chi connectivity index (χ1) is 29.6. The molecule has 0 spiro atoms. The van der Waals surface area contributed by atoms with Gasteiger partial charge in [-0.1, -0.05) is 26.0 Å². The van der Waals surface area contributed by atoms with E-state index in [1.54, 1.807) is 23.6 Å². The van der Waals surface area contributed by atoms with Crippen molar-refractivity contribution >= 4 is 23.5 Å². The second-order valence-electron chi connectivity index (χ2n) is 16.1. The summed E-state index contributed by atoms with van der Waals surface area (Å²) in [5, 5.41) is 0. The zero-order valence-corrected chi connectivity index (χ0v) is 35.2. The van der Waals surface area contributed by atoms with Gasteiger partial charge in [-0.25, -0.2) is 0 Å². The van der Waals surface area contributed by atoms with E-state index in [1.807, 2.05) is 0 Å². The molecule has 0 aromatic heterocycles. The van der Waals surface area contributed by atoms with Crippen LogP contribution in [-0.2, 0) is 0 Å². The molecule has 67 heavy (non-hydrogen) atoms. The first-order valence-corrected chi connectivity index (χ1v) is 19.0. The van der Waals surface area contributed by atoms with E-state index in [4.69, 9.17) is 0 Å². The van der Waals surface area contributed by atoms with Crippen LogP contribution in [0.15, 0.2) is 36.4 Å². The molecule has 2 atom stereocenters. The van der Waals surface area contributed by atoms with Gasteiger partial charge in [0.15, 0.2) is 0 Å². The molecular formula is C40H37F25N2. The van der Waals surface area contributed by atoms with E-state index in [9.17, 15) is 110 Å². The number of alkyl halides is 25. The molecule has 1 fully saturated rings. The van der Waals surface area contributed by atoms with Gasteiger partial charge in [0.2, 0.25) is 0 Å². The highest BCUT2D eigenvalue weighted by Gasteiger charge is 2.91. The lowest BCUT2D eigenvalue weighted by molar-refractivity contribution is -0.436. The van der Waals surface area contributed by atoms with Crippen LogP contribution in [0.5, 0.6) is 0 Å². The van der Waals surface area contributed by atoms with Crippen LogP contribution in [0, 0.1) is 33.6 Å². The molecule has 1 saturated heterocycles. The Morgan fingerprint density at radius 2 is 0.731 bits per heavy atom. The van der Waals surface area contributed by atoms with E-state index in [1.165, 1.54) is 27.7 Å². The van der Waals surface area contributed by atoms with Gasteiger partial charge in [0.1, 0.15) is 6.17 Å². The molecule has 1 aliphatic heterocycles. The van der Waals surface area contributed by atoms with E-state index in [-0.39, 0.29) is 53.4 Å². The van der Waals surface area contributed by atoms with Gasteiger partial charge in [0, 0.05) is 31.4 Å². The van der Waals surface area contributed by atoms with E-state index >= 15 is 0 Å². The molecule has 0 radical (unpaired) electrons. The molecular weight excluding hydrogens is 983 g/mol. The number of hydrogen-bond acceptors (Lipinski definition) is 2. The van der Waals surface area contributed by atoms with E-state index in [2.05, 4.69) is 0 Å². The van der Waals surface area contributed by atoms with Crippen LogP contribution in [0.25, 0.3) is 12.2 Å². The molecule has 1 aliphatic rings. The van der Waals surface area contributed by atoms with Crippen molar-refractivity contribution in [1.29, 1.82) is 0 Å². The Morgan fingerprint density at radius 3 is 0.985 bits per heavy atom. The van der Waals surface area contributed by atoms with Crippen LogP contribution in [0.4, 0.5) is 121 Å². The van der Waals surface area contributed by atoms with Crippen molar-refractivity contribution in [1.82, 2.24) is 0 Å². The molecule has 3 rings (SSSR count). The van der Waals surface area contributed by atoms with Gasteiger partial charge < -0.3 is 9.80 Å². The Bertz CT molecular complexity index is 1990. The smallest absolute Gasteiger partial charge is 0.349 e. The lowest BCUT2D eigenvalue weighted by Gasteiger charge is -2.40. The fourth-order valence-electron chi connectivity index (χ4n) is 7.31. The summed E-state index contributed by atoms with van der Waals surface area (Å²) in [6.07, 6.45) is -9.98. The molecule has 0 amide bonds. The minimum Gasteiger partial charge on any atom is -0.349 e. The average molecular weight is 1020 g/mol. The summed E-state index contributed by atoms with van der Waals surface area (Å²) in [7, 11) is 0. The van der Waals surface area contributed by atoms with Crippen LogP contribution in [-0.4, -0.2) is 90.6 Å². The first kappa shape index (κ1) is 57.1. The van der Waals surface area contributed by atoms with Crippen molar-refractivity contribution in [2.24, 2.45) is 5.92 Å². The number of aryl methyl sites for hydroxylation is 4. The maximum absolute atomic E-state index is 14.6. The highest BCUT2D eigenvalue weighted by molar-refractivity contribution is 5.71. The van der Waals surface area contributed by atoms with Gasteiger partial charge >= 0.3 is 71.3 Å². The Kier molecular flexibility index (Phi) is 14.8. The second kappa shape index (κ2) is 17.3. The molecule has 2 unspecified atom stereocenters. The molecule has 0 saturated carbocycles. The number of rotatable bonds is 17. The second-order valence-corrected chi connectivity index (χ2v) is 16.1. The number of allylic oxidation sites excluding steroid dienone is 2. The summed E-state index contributed by atoms with van der Waals surface area (Å²) in [5.41, 5.74) is 0.223. The van der Waals surface area contributed by atoms with E-state index in [0.29, 0.717) is 17.8 Å². The molecule has 2 aromatic rings. The summed E-state index contributed by atoms with van der Waals surface area (Å²) < 4.78 is 345. The number of hydrogen-bond donors (Lipinski definition) is 0. The van der Waals surface area contributed by atoms with Gasteiger partial charge in [-0.15, -0.1) is 0 Å². The zero-order valence-electron chi connectivity index (χ0n) is 35.2. The van der Waals surface area contributed by atoms with Crippen molar-refractivity contribution < 1.29 is 110 Å². The summed E-state index contributed by atoms with van der Waals surface area (Å²) >= 11 is 0. The summed E-state index contributed by atoms with van der Waals surface area (Å²) in [6.45, 7) is 7.96. The van der Waals surface area contributed by atoms with Crippen molar-refractivity contribution in [3.63, 3.8) is 0 Å². The standard InChI is InChI=1S/C40H37F25N2/c1-8-19(2)28-66(26-20(3)15-24(16-21(26)4)9-11-30(43,44)33(49,50)36(55,56)35(53,54)32(47,48)29(7,41)42)13-14-67(28)27-22(5)17-25(18-23(27)6)10-12-31(45,46)34(51,52)37(57,58)38(59,60)39(61,62)40(63,64)65/h9-12,15-19,28H,8,13-14H2,1-7H3/b11-9+,12-10+. The van der Waals surface area contributed by atoms with Crippen LogP contribution in [0.2, 0.25) is 0 Å². The number of benzene rings is 2. The summed E-state index contributed by atoms with van der Waals surface area (Å²) in [4.78, 5) is 3.46. The van der Waals surface area contributed by atoms with Crippen LogP contribution >= 0.6 is 0 Å². The fraction of sp³-hybridized carbons (Fsp3) is 0.600. The van der Waals surface area contributed by atoms with Crippen molar-refractivity contribution in [3.8, 4) is 0 Å². The third-order valence-corrected chi connectivity index (χ3v) is 11.1. The van der Waals surface area contributed by atoms with Gasteiger partial charge in [0.05, 0.1) is 0 Å². The summed E-state index contributed by atoms with van der Waals surface area (Å²) in [6, 6.07) is 4.04. The quantitative estimate of drug-likeness (QED) is 0.146. The first-order valence-electron chi connectivity index (χ1n) is 19.0. The van der Waals surface area contributed by atoms with Crippen LogP contribution < -0.4 is 9.80 Å². The van der Waals surface area contributed by atoms with Crippen molar-refractivity contribution in [2.45, 2.75) is 132 Å². The average Bonchev–Trinajstić information content (AvgIpc) is 3.57. The minimum atomic E-state index is -8.08. The SMILES string of the molecule is CCC(C)C1N(c2c(C)cc(/C=C/C(F)(F)C(F)(F)C(F)(F)C(F)(F)C(F)(F)C(C)(F)F)cc2C)CCN1c1c(C)cc(/C=C/C(F)(F)C(F)(F)C(F)(F)C(F)(F)C(F)(F)C(F)(F)F)cc1C. The topological polar surface area (TPSA) is 6.48 Å². The number of nitrogens with zero attached hydrogens (tertiary/aromatic N) is 2.